The lowest BCUT2D eigenvalue weighted by molar-refractivity contribution is 0.101. The number of hydrogen-bond acceptors (Lipinski definition) is 3. The molecule has 0 amide bonds. The number of anilines is 2. The molecular weight excluding hydrogens is 371 g/mol. The van der Waals surface area contributed by atoms with Crippen LogP contribution in [-0.2, 0) is 0 Å². The second kappa shape index (κ2) is 6.48. The molecule has 0 atom stereocenters. The molecule has 0 aliphatic heterocycles. The van der Waals surface area contributed by atoms with Gasteiger partial charge in [-0.1, -0.05) is 34.8 Å². The summed E-state index contributed by atoms with van der Waals surface area (Å²) < 4.78 is 0. The van der Waals surface area contributed by atoms with Gasteiger partial charge in [-0.3, -0.25) is 9.59 Å². The van der Waals surface area contributed by atoms with Crippen molar-refractivity contribution in [2.45, 2.75) is 6.92 Å². The lowest BCUT2D eigenvalue weighted by Gasteiger charge is -2.13. The molecule has 1 heterocycles. The molecule has 0 bridgehead atoms. The van der Waals surface area contributed by atoms with E-state index in [9.17, 15) is 9.59 Å². The average Bonchev–Trinajstić information content (AvgIpc) is 2.52. The average molecular weight is 382 g/mol. The van der Waals surface area contributed by atoms with E-state index < -0.39 is 5.43 Å². The second-order valence-corrected chi connectivity index (χ2v) is 6.42. The van der Waals surface area contributed by atoms with Gasteiger partial charge in [0.2, 0.25) is 5.43 Å². The Morgan fingerprint density at radius 1 is 1.00 bits per heavy atom. The molecular formula is C17H11Cl3N2O2. The first-order chi connectivity index (χ1) is 11.4. The van der Waals surface area contributed by atoms with Crippen LogP contribution in [0, 0.1) is 0 Å². The Balaban J connectivity index is 2.28. The predicted molar refractivity (Wildman–Crippen MR) is 99.3 cm³/mol. The molecule has 0 unspecified atom stereocenters. The Labute approximate surface area is 152 Å². The van der Waals surface area contributed by atoms with E-state index >= 15 is 0 Å². The van der Waals surface area contributed by atoms with Gasteiger partial charge in [0.25, 0.3) is 0 Å². The van der Waals surface area contributed by atoms with E-state index in [-0.39, 0.29) is 27.6 Å². The molecule has 0 aliphatic carbocycles. The van der Waals surface area contributed by atoms with Gasteiger partial charge in [-0.05, 0) is 43.3 Å². The maximum atomic E-state index is 12.8. The molecule has 0 radical (unpaired) electrons. The summed E-state index contributed by atoms with van der Waals surface area (Å²) in [5.41, 5.74) is 0.549. The summed E-state index contributed by atoms with van der Waals surface area (Å²) in [4.78, 5) is 27.8. The van der Waals surface area contributed by atoms with Gasteiger partial charge in [0.15, 0.2) is 5.78 Å². The van der Waals surface area contributed by atoms with E-state index in [1.54, 1.807) is 30.3 Å². The van der Waals surface area contributed by atoms with Crippen LogP contribution in [0.15, 0.2) is 41.2 Å². The molecule has 2 aromatic carbocycles. The third-order valence-corrected chi connectivity index (χ3v) is 4.41. The molecule has 3 aromatic rings. The predicted octanol–water partition coefficient (Wildman–Crippen LogP) is 5.43. The summed E-state index contributed by atoms with van der Waals surface area (Å²) in [5, 5.41) is 4.36. The molecule has 2 N–H and O–H groups in total. The van der Waals surface area contributed by atoms with Crippen molar-refractivity contribution in [2.24, 2.45) is 0 Å². The van der Waals surface area contributed by atoms with Crippen molar-refractivity contribution in [3.63, 3.8) is 0 Å². The van der Waals surface area contributed by atoms with Crippen LogP contribution in [0.5, 0.6) is 0 Å². The van der Waals surface area contributed by atoms with Crippen molar-refractivity contribution in [3.05, 3.63) is 67.3 Å². The Morgan fingerprint density at radius 2 is 1.62 bits per heavy atom. The van der Waals surface area contributed by atoms with Crippen molar-refractivity contribution in [2.75, 3.05) is 5.32 Å². The number of aromatic nitrogens is 1. The lowest BCUT2D eigenvalue weighted by Crippen LogP contribution is -2.18. The van der Waals surface area contributed by atoms with Crippen molar-refractivity contribution in [1.29, 1.82) is 0 Å². The third-order valence-electron chi connectivity index (χ3n) is 3.52. The van der Waals surface area contributed by atoms with Crippen molar-refractivity contribution in [3.8, 4) is 0 Å². The Morgan fingerprint density at radius 3 is 2.25 bits per heavy atom. The maximum Gasteiger partial charge on any atom is 0.203 e. The van der Waals surface area contributed by atoms with E-state index in [1.165, 1.54) is 13.0 Å². The number of halogens is 3. The third kappa shape index (κ3) is 3.00. The van der Waals surface area contributed by atoms with Gasteiger partial charge in [-0.15, -0.1) is 0 Å². The molecule has 3 rings (SSSR count). The minimum absolute atomic E-state index is 0.0124. The molecule has 0 saturated carbocycles. The van der Waals surface area contributed by atoms with Crippen LogP contribution >= 0.6 is 34.8 Å². The van der Waals surface area contributed by atoms with E-state index in [0.717, 1.165) is 0 Å². The van der Waals surface area contributed by atoms with Gasteiger partial charge in [0, 0.05) is 10.7 Å². The zero-order chi connectivity index (χ0) is 17.4. The minimum Gasteiger partial charge on any atom is -0.341 e. The van der Waals surface area contributed by atoms with Gasteiger partial charge in [0.05, 0.1) is 20.9 Å². The van der Waals surface area contributed by atoms with Crippen molar-refractivity contribution >= 4 is 63.0 Å². The summed E-state index contributed by atoms with van der Waals surface area (Å²) in [6.07, 6.45) is 0. The highest BCUT2D eigenvalue weighted by atomic mass is 35.5. The largest absolute Gasteiger partial charge is 0.341 e. The van der Waals surface area contributed by atoms with Gasteiger partial charge in [-0.2, -0.15) is 0 Å². The number of H-pyrrole nitrogens is 1. The maximum absolute atomic E-state index is 12.8. The van der Waals surface area contributed by atoms with E-state index in [0.29, 0.717) is 21.2 Å². The molecule has 4 nitrogen and oxygen atoms in total. The van der Waals surface area contributed by atoms with Crippen LogP contribution in [0.4, 0.5) is 11.5 Å². The van der Waals surface area contributed by atoms with Crippen molar-refractivity contribution < 1.29 is 4.79 Å². The second-order valence-electron chi connectivity index (χ2n) is 5.17. The molecule has 0 aliphatic rings. The summed E-state index contributed by atoms with van der Waals surface area (Å²) in [7, 11) is 0. The summed E-state index contributed by atoms with van der Waals surface area (Å²) in [6, 6.07) is 9.96. The molecule has 0 spiro atoms. The topological polar surface area (TPSA) is 62.0 Å². The number of aromatic amines is 1. The van der Waals surface area contributed by atoms with E-state index in [1.807, 2.05) is 0 Å². The minimum atomic E-state index is -0.472. The van der Waals surface area contributed by atoms with Crippen LogP contribution < -0.4 is 10.7 Å². The van der Waals surface area contributed by atoms with Crippen molar-refractivity contribution in [1.82, 2.24) is 4.98 Å². The standard InChI is InChI=1S/C17H11Cl3N2O2/c1-8(23)13-16(24)14-11(19)6-7-12(20)15(14)22-17(13)21-10-4-2-9(18)3-5-10/h2-7H,1H3,(H2,21,22,24). The van der Waals surface area contributed by atoms with Crippen LogP contribution in [0.25, 0.3) is 10.9 Å². The van der Waals surface area contributed by atoms with Crippen LogP contribution in [0.1, 0.15) is 17.3 Å². The first-order valence-electron chi connectivity index (χ1n) is 6.96. The quantitative estimate of drug-likeness (QED) is 0.594. The number of carbonyl (C=O) groups is 1. The van der Waals surface area contributed by atoms with E-state index in [2.05, 4.69) is 10.3 Å². The normalized spacial score (nSPS) is 10.8. The summed E-state index contributed by atoms with van der Waals surface area (Å²) in [6.45, 7) is 1.32. The van der Waals surface area contributed by atoms with Crippen LogP contribution in [0.3, 0.4) is 0 Å². The highest BCUT2D eigenvalue weighted by Gasteiger charge is 2.19. The fraction of sp³-hybridized carbons (Fsp3) is 0.0588. The number of ketones is 1. The first-order valence-corrected chi connectivity index (χ1v) is 8.09. The lowest BCUT2D eigenvalue weighted by atomic mass is 10.1. The highest BCUT2D eigenvalue weighted by molar-refractivity contribution is 6.40. The molecule has 122 valence electrons. The zero-order valence-electron chi connectivity index (χ0n) is 12.4. The molecule has 1 aromatic heterocycles. The molecule has 0 fully saturated rings. The van der Waals surface area contributed by atoms with Gasteiger partial charge >= 0.3 is 0 Å². The number of fused-ring (bicyclic) bond motifs is 1. The SMILES string of the molecule is CC(=O)c1c(Nc2ccc(Cl)cc2)[nH]c2c(Cl)ccc(Cl)c2c1=O. The van der Waals surface area contributed by atoms with Gasteiger partial charge in [-0.25, -0.2) is 0 Å². The summed E-state index contributed by atoms with van der Waals surface area (Å²) in [5.74, 6) is -0.128. The van der Waals surface area contributed by atoms with Crippen LogP contribution in [-0.4, -0.2) is 10.8 Å². The van der Waals surface area contributed by atoms with Crippen LogP contribution in [0.2, 0.25) is 15.1 Å². The molecule has 0 saturated heterocycles. The monoisotopic (exact) mass is 380 g/mol. The Hall–Kier alpha value is -2.01. The Kier molecular flexibility index (Phi) is 4.54. The number of carbonyl (C=O) groups excluding carboxylic acids is 1. The van der Waals surface area contributed by atoms with E-state index in [4.69, 9.17) is 34.8 Å². The van der Waals surface area contributed by atoms with Gasteiger partial charge in [0.1, 0.15) is 11.4 Å². The number of nitrogens with one attached hydrogen (secondary N) is 2. The highest BCUT2D eigenvalue weighted by Crippen LogP contribution is 2.29. The first kappa shape index (κ1) is 16.8. The number of pyridine rings is 1. The fourth-order valence-electron chi connectivity index (χ4n) is 2.43. The number of benzene rings is 2. The van der Waals surface area contributed by atoms with Gasteiger partial charge < -0.3 is 10.3 Å². The number of hydrogen-bond donors (Lipinski definition) is 2. The smallest absolute Gasteiger partial charge is 0.203 e. The zero-order valence-corrected chi connectivity index (χ0v) is 14.7. The fourth-order valence-corrected chi connectivity index (χ4v) is 3.00. The Bertz CT molecular complexity index is 1010. The number of rotatable bonds is 3. The molecule has 7 heteroatoms. The molecule has 24 heavy (non-hydrogen) atoms. The summed E-state index contributed by atoms with van der Waals surface area (Å²) >= 11 is 18.2. The number of Topliss-reactive ketones (excluding diaryl/α,β-unsaturated/α-hetero) is 1.